The van der Waals surface area contributed by atoms with Crippen LogP contribution in [0.5, 0.6) is 0 Å². The lowest BCUT2D eigenvalue weighted by atomic mass is 9.97. The topological polar surface area (TPSA) is 29.3 Å². The molecule has 102 valence electrons. The molecule has 2 nitrogen and oxygen atoms in total. The van der Waals surface area contributed by atoms with E-state index in [4.69, 9.17) is 17.3 Å². The van der Waals surface area contributed by atoms with Gasteiger partial charge in [-0.05, 0) is 44.5 Å². The van der Waals surface area contributed by atoms with Crippen molar-refractivity contribution in [3.8, 4) is 0 Å². The molecule has 3 heteroatoms. The van der Waals surface area contributed by atoms with Crippen LogP contribution in [0.25, 0.3) is 0 Å². The van der Waals surface area contributed by atoms with Gasteiger partial charge in [-0.3, -0.25) is 4.90 Å². The average molecular weight is 269 g/mol. The Bertz CT molecular complexity index is 348. The third-order valence-corrected chi connectivity index (χ3v) is 3.84. The average Bonchev–Trinajstić information content (AvgIpc) is 2.36. The zero-order chi connectivity index (χ0) is 13.7. The first kappa shape index (κ1) is 15.5. The van der Waals surface area contributed by atoms with Gasteiger partial charge in [0.2, 0.25) is 0 Å². The number of hydrogen-bond acceptors (Lipinski definition) is 2. The van der Waals surface area contributed by atoms with Gasteiger partial charge in [0.15, 0.2) is 0 Å². The van der Waals surface area contributed by atoms with Crippen LogP contribution in [-0.4, -0.2) is 23.5 Å². The minimum absolute atomic E-state index is 0.0973. The van der Waals surface area contributed by atoms with Gasteiger partial charge in [-0.25, -0.2) is 0 Å². The van der Waals surface area contributed by atoms with Crippen LogP contribution in [0.15, 0.2) is 24.3 Å². The van der Waals surface area contributed by atoms with Crippen molar-refractivity contribution < 1.29 is 0 Å². The fourth-order valence-electron chi connectivity index (χ4n) is 2.47. The van der Waals surface area contributed by atoms with Crippen molar-refractivity contribution in [3.63, 3.8) is 0 Å². The predicted molar refractivity (Wildman–Crippen MR) is 80.0 cm³/mol. The highest BCUT2D eigenvalue weighted by Gasteiger charge is 2.25. The van der Waals surface area contributed by atoms with Gasteiger partial charge in [0, 0.05) is 23.1 Å². The molecule has 0 aliphatic rings. The summed E-state index contributed by atoms with van der Waals surface area (Å²) in [5.41, 5.74) is 7.45. The lowest BCUT2D eigenvalue weighted by molar-refractivity contribution is 0.131. The van der Waals surface area contributed by atoms with Crippen molar-refractivity contribution in [1.82, 2.24) is 4.90 Å². The molecule has 3 unspecified atom stereocenters. The van der Waals surface area contributed by atoms with Crippen LogP contribution < -0.4 is 5.73 Å². The molecule has 0 radical (unpaired) electrons. The molecular formula is C15H25ClN2. The summed E-state index contributed by atoms with van der Waals surface area (Å²) in [5, 5.41) is 0.772. The number of nitrogens with two attached hydrogens (primary N) is 1. The van der Waals surface area contributed by atoms with Crippen molar-refractivity contribution in [1.29, 1.82) is 0 Å². The SMILES string of the molecule is CCC(C)N(CC)C(c1ccc(Cl)cc1)C(C)N. The van der Waals surface area contributed by atoms with Crippen LogP contribution in [0.3, 0.4) is 0 Å². The van der Waals surface area contributed by atoms with Gasteiger partial charge in [-0.2, -0.15) is 0 Å². The zero-order valence-electron chi connectivity index (χ0n) is 11.9. The minimum atomic E-state index is 0.0973. The Morgan fingerprint density at radius 3 is 2.11 bits per heavy atom. The monoisotopic (exact) mass is 268 g/mol. The van der Waals surface area contributed by atoms with Crippen molar-refractivity contribution in [2.45, 2.75) is 52.2 Å². The van der Waals surface area contributed by atoms with Crippen molar-refractivity contribution in [2.24, 2.45) is 5.73 Å². The van der Waals surface area contributed by atoms with E-state index >= 15 is 0 Å². The van der Waals surface area contributed by atoms with Crippen LogP contribution in [0.2, 0.25) is 5.02 Å². The Kier molecular flexibility index (Phi) is 6.13. The van der Waals surface area contributed by atoms with E-state index < -0.39 is 0 Å². The smallest absolute Gasteiger partial charge is 0.0499 e. The number of nitrogens with zero attached hydrogens (tertiary/aromatic N) is 1. The second-order valence-corrected chi connectivity index (χ2v) is 5.38. The summed E-state index contributed by atoms with van der Waals surface area (Å²) < 4.78 is 0. The maximum atomic E-state index is 6.20. The van der Waals surface area contributed by atoms with E-state index in [0.717, 1.165) is 18.0 Å². The Morgan fingerprint density at radius 1 is 1.17 bits per heavy atom. The standard InChI is InChI=1S/C15H25ClN2/c1-5-11(3)18(6-2)15(12(4)17)13-7-9-14(16)10-8-13/h7-12,15H,5-6,17H2,1-4H3. The number of benzene rings is 1. The van der Waals surface area contributed by atoms with Crippen LogP contribution in [0, 0.1) is 0 Å². The molecule has 0 aliphatic heterocycles. The fourth-order valence-corrected chi connectivity index (χ4v) is 2.60. The van der Waals surface area contributed by atoms with Gasteiger partial charge in [-0.15, -0.1) is 0 Å². The van der Waals surface area contributed by atoms with Crippen LogP contribution in [-0.2, 0) is 0 Å². The number of likely N-dealkylation sites (N-methyl/N-ethyl adjacent to an activating group) is 1. The number of rotatable bonds is 6. The molecule has 18 heavy (non-hydrogen) atoms. The lowest BCUT2D eigenvalue weighted by Crippen LogP contribution is -2.43. The van der Waals surface area contributed by atoms with Crippen LogP contribution in [0.1, 0.15) is 45.7 Å². The second-order valence-electron chi connectivity index (χ2n) is 4.94. The summed E-state index contributed by atoms with van der Waals surface area (Å²) >= 11 is 5.95. The Labute approximate surface area is 116 Å². The molecule has 1 aromatic rings. The van der Waals surface area contributed by atoms with Gasteiger partial charge < -0.3 is 5.73 Å². The maximum absolute atomic E-state index is 6.20. The Morgan fingerprint density at radius 2 is 1.72 bits per heavy atom. The maximum Gasteiger partial charge on any atom is 0.0499 e. The molecule has 3 atom stereocenters. The molecule has 0 amide bonds. The van der Waals surface area contributed by atoms with E-state index in [1.807, 2.05) is 12.1 Å². The van der Waals surface area contributed by atoms with E-state index in [1.165, 1.54) is 5.56 Å². The highest BCUT2D eigenvalue weighted by Crippen LogP contribution is 2.27. The predicted octanol–water partition coefficient (Wildman–Crippen LogP) is 3.85. The first-order chi connectivity index (χ1) is 8.51. The van der Waals surface area contributed by atoms with Crippen LogP contribution in [0.4, 0.5) is 0 Å². The first-order valence-corrected chi connectivity index (χ1v) is 7.15. The molecule has 1 rings (SSSR count). The van der Waals surface area contributed by atoms with E-state index in [-0.39, 0.29) is 12.1 Å². The third-order valence-electron chi connectivity index (χ3n) is 3.59. The molecule has 0 saturated carbocycles. The largest absolute Gasteiger partial charge is 0.326 e. The highest BCUT2D eigenvalue weighted by atomic mass is 35.5. The normalized spacial score (nSPS) is 16.6. The molecule has 0 aromatic heterocycles. The van der Waals surface area contributed by atoms with E-state index in [1.54, 1.807) is 0 Å². The minimum Gasteiger partial charge on any atom is -0.326 e. The van der Waals surface area contributed by atoms with Gasteiger partial charge >= 0.3 is 0 Å². The van der Waals surface area contributed by atoms with Gasteiger partial charge in [0.1, 0.15) is 0 Å². The van der Waals surface area contributed by atoms with Crippen molar-refractivity contribution in [3.05, 3.63) is 34.9 Å². The van der Waals surface area contributed by atoms with Gasteiger partial charge in [-0.1, -0.05) is 37.6 Å². The molecule has 0 saturated heterocycles. The molecule has 1 aromatic carbocycles. The molecule has 0 spiro atoms. The van der Waals surface area contributed by atoms with Gasteiger partial charge in [0.25, 0.3) is 0 Å². The summed E-state index contributed by atoms with van der Waals surface area (Å²) in [7, 11) is 0. The Balaban J connectivity index is 3.04. The van der Waals surface area contributed by atoms with Crippen molar-refractivity contribution >= 4 is 11.6 Å². The van der Waals surface area contributed by atoms with Crippen molar-refractivity contribution in [2.75, 3.05) is 6.54 Å². The van der Waals surface area contributed by atoms with Gasteiger partial charge in [0.05, 0.1) is 0 Å². The summed E-state index contributed by atoms with van der Waals surface area (Å²) in [6, 6.07) is 8.93. The quantitative estimate of drug-likeness (QED) is 0.849. The zero-order valence-corrected chi connectivity index (χ0v) is 12.6. The summed E-state index contributed by atoms with van der Waals surface area (Å²) in [5.74, 6) is 0. The number of hydrogen-bond donors (Lipinski definition) is 1. The number of halogens is 1. The fraction of sp³-hybridized carbons (Fsp3) is 0.600. The molecule has 0 fully saturated rings. The Hall–Kier alpha value is -0.570. The first-order valence-electron chi connectivity index (χ1n) is 6.78. The van der Waals surface area contributed by atoms with E-state index in [0.29, 0.717) is 6.04 Å². The summed E-state index contributed by atoms with van der Waals surface area (Å²) in [4.78, 5) is 2.47. The summed E-state index contributed by atoms with van der Waals surface area (Å²) in [6.45, 7) is 9.74. The summed E-state index contributed by atoms with van der Waals surface area (Å²) in [6.07, 6.45) is 1.13. The molecule has 0 aliphatic carbocycles. The highest BCUT2D eigenvalue weighted by molar-refractivity contribution is 6.30. The van der Waals surface area contributed by atoms with E-state index in [9.17, 15) is 0 Å². The third kappa shape index (κ3) is 3.71. The molecule has 0 heterocycles. The van der Waals surface area contributed by atoms with Crippen LogP contribution >= 0.6 is 11.6 Å². The molecule has 0 bridgehead atoms. The lowest BCUT2D eigenvalue weighted by Gasteiger charge is -2.38. The molecule has 2 N–H and O–H groups in total. The van der Waals surface area contributed by atoms with E-state index in [2.05, 4.69) is 44.7 Å². The second kappa shape index (κ2) is 7.13. The molecular weight excluding hydrogens is 244 g/mol.